The van der Waals surface area contributed by atoms with E-state index in [0.717, 1.165) is 0 Å². The average Bonchev–Trinajstić information content (AvgIpc) is 2.17. The molecular weight excluding hydrogens is 198 g/mol. The van der Waals surface area contributed by atoms with Crippen molar-refractivity contribution in [2.45, 2.75) is 20.3 Å². The zero-order valence-corrected chi connectivity index (χ0v) is 9.12. The number of carbonyl (C=O) groups excluding carboxylic acids is 2. The van der Waals surface area contributed by atoms with E-state index in [4.69, 9.17) is 10.1 Å². The minimum absolute atomic E-state index is 0.0408. The molecule has 0 saturated carbocycles. The first-order valence-electron chi connectivity index (χ1n) is 4.52. The quantitative estimate of drug-likeness (QED) is 0.421. The lowest BCUT2D eigenvalue weighted by atomic mass is 10.1. The van der Waals surface area contributed by atoms with Gasteiger partial charge >= 0.3 is 11.9 Å². The van der Waals surface area contributed by atoms with Crippen molar-refractivity contribution < 1.29 is 19.1 Å². The summed E-state index contributed by atoms with van der Waals surface area (Å²) in [4.78, 5) is 22.1. The van der Waals surface area contributed by atoms with E-state index < -0.39 is 11.9 Å². The normalized spacial score (nSPS) is 10.7. The van der Waals surface area contributed by atoms with Crippen molar-refractivity contribution in [3.63, 3.8) is 0 Å². The number of methoxy groups -OCH3 is 1. The number of hydrogen-bond donors (Lipinski definition) is 1. The van der Waals surface area contributed by atoms with Crippen LogP contribution >= 0.6 is 0 Å². The zero-order valence-electron chi connectivity index (χ0n) is 9.12. The molecule has 0 amide bonds. The van der Waals surface area contributed by atoms with Crippen LogP contribution in [0.2, 0.25) is 0 Å². The largest absolute Gasteiger partial charge is 0.469 e. The molecule has 0 radical (unpaired) electrons. The number of esters is 2. The number of nitrogens with one attached hydrogen (secondary N) is 1. The van der Waals surface area contributed by atoms with Crippen LogP contribution in [0, 0.1) is 5.41 Å². The van der Waals surface area contributed by atoms with Gasteiger partial charge in [0.1, 0.15) is 0 Å². The maximum absolute atomic E-state index is 11.3. The standard InChI is InChI=1S/C10H15NO4/c1-4-15-10(13)8(7(2)11)5-6-9(12)14-3/h5,11H,4,6H2,1-3H3/b8-5-,11-7?. The zero-order chi connectivity index (χ0) is 11.8. The predicted octanol–water partition coefficient (Wildman–Crippen LogP) is 1.08. The molecule has 0 aromatic carbocycles. The Kier molecular flexibility index (Phi) is 6.01. The Morgan fingerprint density at radius 1 is 1.40 bits per heavy atom. The third kappa shape index (κ3) is 4.95. The van der Waals surface area contributed by atoms with Gasteiger partial charge in [-0.05, 0) is 13.8 Å². The minimum Gasteiger partial charge on any atom is -0.469 e. The van der Waals surface area contributed by atoms with E-state index in [0.29, 0.717) is 0 Å². The van der Waals surface area contributed by atoms with E-state index in [2.05, 4.69) is 4.74 Å². The molecule has 0 aromatic heterocycles. The van der Waals surface area contributed by atoms with Gasteiger partial charge in [-0.3, -0.25) is 4.79 Å². The molecule has 0 fully saturated rings. The van der Waals surface area contributed by atoms with Crippen molar-refractivity contribution in [1.82, 2.24) is 0 Å². The van der Waals surface area contributed by atoms with E-state index >= 15 is 0 Å². The molecule has 5 heteroatoms. The smallest absolute Gasteiger partial charge is 0.339 e. The van der Waals surface area contributed by atoms with Gasteiger partial charge in [-0.25, -0.2) is 4.79 Å². The molecule has 0 aliphatic rings. The highest BCUT2D eigenvalue weighted by Gasteiger charge is 2.13. The number of rotatable bonds is 5. The Balaban J connectivity index is 4.59. The maximum Gasteiger partial charge on any atom is 0.339 e. The SMILES string of the molecule is CCOC(=O)/C(=C\CC(=O)OC)C(C)=N. The Morgan fingerprint density at radius 3 is 2.40 bits per heavy atom. The van der Waals surface area contributed by atoms with E-state index in [-0.39, 0.29) is 24.3 Å². The molecule has 0 bridgehead atoms. The molecule has 0 rings (SSSR count). The van der Waals surface area contributed by atoms with Gasteiger partial charge in [-0.15, -0.1) is 0 Å². The summed E-state index contributed by atoms with van der Waals surface area (Å²) in [6.45, 7) is 3.37. The first-order chi connectivity index (χ1) is 7.02. The van der Waals surface area contributed by atoms with Crippen molar-refractivity contribution in [2.75, 3.05) is 13.7 Å². The van der Waals surface area contributed by atoms with E-state index in [1.807, 2.05) is 0 Å². The van der Waals surface area contributed by atoms with Gasteiger partial charge in [0.05, 0.1) is 25.7 Å². The monoisotopic (exact) mass is 213 g/mol. The molecule has 5 nitrogen and oxygen atoms in total. The molecule has 0 unspecified atom stereocenters. The second kappa shape index (κ2) is 6.75. The Hall–Kier alpha value is -1.65. The number of ether oxygens (including phenoxy) is 2. The minimum atomic E-state index is -0.589. The third-order valence-electron chi connectivity index (χ3n) is 1.60. The van der Waals surface area contributed by atoms with Crippen molar-refractivity contribution in [3.8, 4) is 0 Å². The lowest BCUT2D eigenvalue weighted by Crippen LogP contribution is -2.14. The van der Waals surface area contributed by atoms with Crippen LogP contribution in [0.4, 0.5) is 0 Å². The first-order valence-corrected chi connectivity index (χ1v) is 4.52. The fourth-order valence-corrected chi connectivity index (χ4v) is 0.867. The number of carbonyl (C=O) groups is 2. The maximum atomic E-state index is 11.3. The van der Waals surface area contributed by atoms with Crippen LogP contribution in [0.1, 0.15) is 20.3 Å². The van der Waals surface area contributed by atoms with Crippen LogP contribution in [0.3, 0.4) is 0 Å². The summed E-state index contributed by atoms with van der Waals surface area (Å²) in [6.07, 6.45) is 1.30. The van der Waals surface area contributed by atoms with Crippen LogP contribution in [-0.2, 0) is 19.1 Å². The molecule has 1 N–H and O–H groups in total. The van der Waals surface area contributed by atoms with Crippen molar-refractivity contribution in [2.24, 2.45) is 0 Å². The molecule has 0 aromatic rings. The fourth-order valence-electron chi connectivity index (χ4n) is 0.867. The fraction of sp³-hybridized carbons (Fsp3) is 0.500. The molecule has 0 aliphatic heterocycles. The highest BCUT2D eigenvalue weighted by Crippen LogP contribution is 2.03. The Morgan fingerprint density at radius 2 is 2.00 bits per heavy atom. The van der Waals surface area contributed by atoms with Gasteiger partial charge < -0.3 is 14.9 Å². The predicted molar refractivity (Wildman–Crippen MR) is 54.7 cm³/mol. The van der Waals surface area contributed by atoms with E-state index in [9.17, 15) is 9.59 Å². The summed E-state index contributed by atoms with van der Waals surface area (Å²) >= 11 is 0. The molecule has 0 aliphatic carbocycles. The summed E-state index contributed by atoms with van der Waals surface area (Å²) in [5, 5.41) is 7.34. The molecule has 0 atom stereocenters. The highest BCUT2D eigenvalue weighted by atomic mass is 16.5. The molecule has 0 heterocycles. The summed E-state index contributed by atoms with van der Waals surface area (Å²) in [6, 6.07) is 0. The topological polar surface area (TPSA) is 76.5 Å². The van der Waals surface area contributed by atoms with Crippen LogP contribution in [0.15, 0.2) is 11.6 Å². The van der Waals surface area contributed by atoms with Crippen LogP contribution in [0.25, 0.3) is 0 Å². The van der Waals surface area contributed by atoms with Crippen LogP contribution in [0.5, 0.6) is 0 Å². The van der Waals surface area contributed by atoms with Crippen LogP contribution in [-0.4, -0.2) is 31.4 Å². The lowest BCUT2D eigenvalue weighted by Gasteiger charge is -2.04. The summed E-state index contributed by atoms with van der Waals surface area (Å²) in [7, 11) is 1.26. The van der Waals surface area contributed by atoms with Gasteiger partial charge in [0.2, 0.25) is 0 Å². The average molecular weight is 213 g/mol. The summed E-state index contributed by atoms with van der Waals surface area (Å²) < 4.78 is 9.15. The highest BCUT2D eigenvalue weighted by molar-refractivity contribution is 6.17. The van der Waals surface area contributed by atoms with E-state index in [1.165, 1.54) is 20.1 Å². The van der Waals surface area contributed by atoms with E-state index in [1.54, 1.807) is 6.92 Å². The molecular formula is C10H15NO4. The van der Waals surface area contributed by atoms with Gasteiger partial charge in [0, 0.05) is 5.71 Å². The third-order valence-corrected chi connectivity index (χ3v) is 1.60. The number of hydrogen-bond acceptors (Lipinski definition) is 5. The van der Waals surface area contributed by atoms with Crippen LogP contribution < -0.4 is 0 Å². The summed E-state index contributed by atoms with van der Waals surface area (Å²) in [5.41, 5.74) is 0.166. The van der Waals surface area contributed by atoms with Gasteiger partial charge in [0.25, 0.3) is 0 Å². The molecule has 0 saturated heterocycles. The lowest BCUT2D eigenvalue weighted by molar-refractivity contribution is -0.139. The first kappa shape index (κ1) is 13.4. The van der Waals surface area contributed by atoms with Gasteiger partial charge in [-0.1, -0.05) is 6.08 Å². The Bertz CT molecular complexity index is 294. The van der Waals surface area contributed by atoms with Crippen molar-refractivity contribution >= 4 is 17.7 Å². The van der Waals surface area contributed by atoms with Gasteiger partial charge in [0.15, 0.2) is 0 Å². The molecule has 84 valence electrons. The second-order valence-electron chi connectivity index (χ2n) is 2.74. The van der Waals surface area contributed by atoms with Crippen molar-refractivity contribution in [1.29, 1.82) is 5.41 Å². The Labute approximate surface area is 88.6 Å². The summed E-state index contributed by atoms with van der Waals surface area (Å²) in [5.74, 6) is -1.05. The van der Waals surface area contributed by atoms with Gasteiger partial charge in [-0.2, -0.15) is 0 Å². The molecule has 0 spiro atoms. The second-order valence-corrected chi connectivity index (χ2v) is 2.74. The van der Waals surface area contributed by atoms with Crippen molar-refractivity contribution in [3.05, 3.63) is 11.6 Å². The molecule has 15 heavy (non-hydrogen) atoms.